The van der Waals surface area contributed by atoms with Crippen molar-refractivity contribution >= 4 is 69.7 Å². The van der Waals surface area contributed by atoms with Gasteiger partial charge in [0.1, 0.15) is 0 Å². The molecule has 0 radical (unpaired) electrons. The van der Waals surface area contributed by atoms with Crippen LogP contribution in [0.15, 0.2) is 65.3 Å². The molecule has 1 aliphatic heterocycles. The molecule has 0 unspecified atom stereocenters. The minimum atomic E-state index is -0.620. The first-order valence-electron chi connectivity index (χ1n) is 9.89. The summed E-state index contributed by atoms with van der Waals surface area (Å²) in [6.45, 7) is 1.90. The number of hydrogen-bond donors (Lipinski definition) is 0. The number of ether oxygens (including phenoxy) is 3. The molecule has 172 valence electrons. The van der Waals surface area contributed by atoms with Gasteiger partial charge >= 0.3 is 11.9 Å². The molecule has 3 aromatic rings. The summed E-state index contributed by atoms with van der Waals surface area (Å²) in [7, 11) is 1.47. The Kier molecular flexibility index (Phi) is 7.25. The lowest BCUT2D eigenvalue weighted by atomic mass is 10.1. The fourth-order valence-electron chi connectivity index (χ4n) is 3.19. The lowest BCUT2D eigenvalue weighted by molar-refractivity contribution is -0.129. The Hall–Kier alpha value is -2.88. The maximum absolute atomic E-state index is 12.6. The van der Waals surface area contributed by atoms with Gasteiger partial charge in [-0.2, -0.15) is 0 Å². The number of nitrogens with zero attached hydrogens (tertiary/aromatic N) is 1. The van der Waals surface area contributed by atoms with Crippen LogP contribution >= 0.6 is 45.8 Å². The Bertz CT molecular complexity index is 1380. The van der Waals surface area contributed by atoms with Crippen LogP contribution in [-0.4, -0.2) is 24.9 Å². The molecule has 0 bridgehead atoms. The number of benzene rings is 3. The number of aryl methyl sites for hydroxylation is 1. The topological polar surface area (TPSA) is 74.2 Å². The molecule has 0 aliphatic carbocycles. The molecule has 0 saturated carbocycles. The SMILES string of the molecule is COc1cc(/C=C2\N=C(c3ccc(Cl)cc3Cl)OC2=O)cc(I)c1OC(=O)c1cccc(C)c1. The van der Waals surface area contributed by atoms with Crippen LogP contribution in [0.5, 0.6) is 11.5 Å². The number of carbonyl (C=O) groups excluding carboxylic acids is 2. The maximum Gasteiger partial charge on any atom is 0.363 e. The van der Waals surface area contributed by atoms with Crippen molar-refractivity contribution in [1.29, 1.82) is 0 Å². The van der Waals surface area contributed by atoms with Crippen LogP contribution in [0.4, 0.5) is 0 Å². The van der Waals surface area contributed by atoms with Gasteiger partial charge in [0.25, 0.3) is 0 Å². The van der Waals surface area contributed by atoms with E-state index in [1.807, 2.05) is 35.6 Å². The number of aliphatic imine (C=N–C) groups is 1. The molecule has 1 aliphatic rings. The summed E-state index contributed by atoms with van der Waals surface area (Å²) in [6.07, 6.45) is 1.55. The molecule has 0 N–H and O–H groups in total. The van der Waals surface area contributed by atoms with Crippen LogP contribution in [0, 0.1) is 10.5 Å². The average molecular weight is 608 g/mol. The molecule has 0 fully saturated rings. The Morgan fingerprint density at radius 3 is 2.62 bits per heavy atom. The summed E-state index contributed by atoms with van der Waals surface area (Å²) in [5.41, 5.74) is 2.52. The van der Waals surface area contributed by atoms with E-state index in [-0.39, 0.29) is 17.3 Å². The molecular weight excluding hydrogens is 592 g/mol. The highest BCUT2D eigenvalue weighted by Gasteiger charge is 2.26. The van der Waals surface area contributed by atoms with E-state index in [4.69, 9.17) is 37.4 Å². The highest BCUT2D eigenvalue weighted by molar-refractivity contribution is 14.1. The van der Waals surface area contributed by atoms with Gasteiger partial charge in [-0.05, 0) is 83.6 Å². The van der Waals surface area contributed by atoms with E-state index in [1.54, 1.807) is 54.6 Å². The number of carbonyl (C=O) groups is 2. The third-order valence-electron chi connectivity index (χ3n) is 4.79. The first-order chi connectivity index (χ1) is 16.2. The van der Waals surface area contributed by atoms with E-state index in [9.17, 15) is 9.59 Å². The van der Waals surface area contributed by atoms with Crippen molar-refractivity contribution in [2.75, 3.05) is 7.11 Å². The normalized spacial score (nSPS) is 14.1. The van der Waals surface area contributed by atoms with Gasteiger partial charge in [-0.15, -0.1) is 0 Å². The number of methoxy groups -OCH3 is 1. The van der Waals surface area contributed by atoms with Crippen molar-refractivity contribution in [1.82, 2.24) is 0 Å². The van der Waals surface area contributed by atoms with Gasteiger partial charge in [0.05, 0.1) is 26.8 Å². The van der Waals surface area contributed by atoms with Crippen LogP contribution in [-0.2, 0) is 9.53 Å². The summed E-state index contributed by atoms with van der Waals surface area (Å²) in [4.78, 5) is 29.3. The number of halogens is 3. The zero-order valence-electron chi connectivity index (χ0n) is 17.9. The number of esters is 2. The summed E-state index contributed by atoms with van der Waals surface area (Å²) in [5.74, 6) is -0.424. The first kappa shape index (κ1) is 24.3. The predicted molar refractivity (Wildman–Crippen MR) is 139 cm³/mol. The molecule has 0 aromatic heterocycles. The number of hydrogen-bond acceptors (Lipinski definition) is 6. The minimum absolute atomic E-state index is 0.0864. The van der Waals surface area contributed by atoms with Crippen LogP contribution < -0.4 is 9.47 Å². The summed E-state index contributed by atoms with van der Waals surface area (Å²) in [5, 5.41) is 0.774. The molecule has 1 heterocycles. The monoisotopic (exact) mass is 607 g/mol. The quantitative estimate of drug-likeness (QED) is 0.144. The highest BCUT2D eigenvalue weighted by atomic mass is 127. The molecular formula is C25H16Cl2INO5. The van der Waals surface area contributed by atoms with Gasteiger partial charge < -0.3 is 14.2 Å². The van der Waals surface area contributed by atoms with Gasteiger partial charge in [-0.25, -0.2) is 14.6 Å². The molecule has 0 amide bonds. The van der Waals surface area contributed by atoms with E-state index in [0.29, 0.717) is 36.1 Å². The van der Waals surface area contributed by atoms with Crippen LogP contribution in [0.2, 0.25) is 10.0 Å². The molecule has 34 heavy (non-hydrogen) atoms. The fraction of sp³-hybridized carbons (Fsp3) is 0.0800. The van der Waals surface area contributed by atoms with Crippen LogP contribution in [0.1, 0.15) is 27.0 Å². The van der Waals surface area contributed by atoms with Crippen molar-refractivity contribution in [3.63, 3.8) is 0 Å². The summed E-state index contributed by atoms with van der Waals surface area (Å²) < 4.78 is 17.0. The first-order valence-corrected chi connectivity index (χ1v) is 11.7. The molecule has 4 rings (SSSR count). The fourth-order valence-corrected chi connectivity index (χ4v) is 4.42. The molecule has 0 spiro atoms. The summed E-state index contributed by atoms with van der Waals surface area (Å²) >= 11 is 14.2. The van der Waals surface area contributed by atoms with Gasteiger partial charge in [0.2, 0.25) is 5.90 Å². The maximum atomic E-state index is 12.6. The van der Waals surface area contributed by atoms with E-state index in [2.05, 4.69) is 4.99 Å². The lowest BCUT2D eigenvalue weighted by Gasteiger charge is -2.12. The van der Waals surface area contributed by atoms with Gasteiger partial charge in [0, 0.05) is 5.02 Å². The Morgan fingerprint density at radius 1 is 1.12 bits per heavy atom. The molecule has 3 aromatic carbocycles. The van der Waals surface area contributed by atoms with E-state index in [1.165, 1.54) is 7.11 Å². The van der Waals surface area contributed by atoms with Crippen LogP contribution in [0.3, 0.4) is 0 Å². The second-order valence-corrected chi connectivity index (χ2v) is 9.26. The number of cyclic esters (lactones) is 1. The van der Waals surface area contributed by atoms with Crippen molar-refractivity contribution in [2.45, 2.75) is 6.92 Å². The largest absolute Gasteiger partial charge is 0.493 e. The zero-order chi connectivity index (χ0) is 24.4. The van der Waals surface area contributed by atoms with Gasteiger partial charge in [-0.1, -0.05) is 40.9 Å². The van der Waals surface area contributed by atoms with Crippen LogP contribution in [0.25, 0.3) is 6.08 Å². The van der Waals surface area contributed by atoms with Crippen molar-refractivity contribution in [2.24, 2.45) is 4.99 Å². The summed E-state index contributed by atoms with van der Waals surface area (Å²) in [6, 6.07) is 15.3. The van der Waals surface area contributed by atoms with Gasteiger partial charge in [0.15, 0.2) is 17.2 Å². The standard InChI is InChI=1S/C25H16Cl2INO5/c1-13-4-3-5-15(8-13)24(30)33-22-19(28)9-14(11-21(22)32-2)10-20-25(31)34-23(29-20)17-7-6-16(26)12-18(17)27/h3-12H,1-2H3/b20-10-. The second-order valence-electron chi connectivity index (χ2n) is 7.25. The molecule has 0 atom stereocenters. The third-order valence-corrected chi connectivity index (χ3v) is 6.13. The minimum Gasteiger partial charge on any atom is -0.493 e. The second kappa shape index (κ2) is 10.2. The van der Waals surface area contributed by atoms with E-state index in [0.717, 1.165) is 5.56 Å². The predicted octanol–water partition coefficient (Wildman–Crippen LogP) is 6.48. The zero-order valence-corrected chi connectivity index (χ0v) is 21.6. The molecule has 0 saturated heterocycles. The van der Waals surface area contributed by atoms with Crippen molar-refractivity contribution in [3.8, 4) is 11.5 Å². The van der Waals surface area contributed by atoms with Gasteiger partial charge in [-0.3, -0.25) is 0 Å². The Morgan fingerprint density at radius 2 is 1.91 bits per heavy atom. The molecule has 6 nitrogen and oxygen atoms in total. The smallest absolute Gasteiger partial charge is 0.363 e. The third kappa shape index (κ3) is 5.27. The van der Waals surface area contributed by atoms with Crippen molar-refractivity contribution < 1.29 is 23.8 Å². The number of rotatable bonds is 5. The highest BCUT2D eigenvalue weighted by Crippen LogP contribution is 2.36. The Labute approximate surface area is 219 Å². The average Bonchev–Trinajstić information content (AvgIpc) is 3.14. The molecule has 9 heteroatoms. The Balaban J connectivity index is 1.64. The van der Waals surface area contributed by atoms with E-state index < -0.39 is 11.9 Å². The lowest BCUT2D eigenvalue weighted by Crippen LogP contribution is -2.10. The van der Waals surface area contributed by atoms with E-state index >= 15 is 0 Å². The van der Waals surface area contributed by atoms with Crippen molar-refractivity contribution in [3.05, 3.63) is 96.2 Å².